The fourth-order valence-corrected chi connectivity index (χ4v) is 3.77. The van der Waals surface area contributed by atoms with Crippen molar-refractivity contribution in [2.24, 2.45) is 0 Å². The Balaban J connectivity index is 1.38. The van der Waals surface area contributed by atoms with E-state index in [1.807, 2.05) is 28.9 Å². The van der Waals surface area contributed by atoms with Gasteiger partial charge in [0.1, 0.15) is 5.65 Å². The number of rotatable bonds is 4. The summed E-state index contributed by atoms with van der Waals surface area (Å²) in [6.07, 6.45) is 3.80. The smallest absolute Gasteiger partial charge is 0.269 e. The summed E-state index contributed by atoms with van der Waals surface area (Å²) in [5.74, 6) is -0.0839. The number of nitro groups is 1. The highest BCUT2D eigenvalue weighted by Crippen LogP contribution is 2.20. The van der Waals surface area contributed by atoms with E-state index < -0.39 is 4.92 Å². The van der Waals surface area contributed by atoms with Crippen LogP contribution in [0.25, 0.3) is 5.65 Å². The number of piperazine rings is 1. The average molecular weight is 414 g/mol. The van der Waals surface area contributed by atoms with E-state index >= 15 is 0 Å². The highest BCUT2D eigenvalue weighted by atomic mass is 35.5. The Kier molecular flexibility index (Phi) is 5.21. The van der Waals surface area contributed by atoms with E-state index in [0.29, 0.717) is 35.8 Å². The zero-order chi connectivity index (χ0) is 20.5. The maximum Gasteiger partial charge on any atom is 0.269 e. The third kappa shape index (κ3) is 4.08. The molecule has 1 saturated heterocycles. The number of hydrogen-bond donors (Lipinski definition) is 0. The normalized spacial score (nSPS) is 15.0. The molecule has 8 nitrogen and oxygen atoms in total. The number of fused-ring (bicyclic) bond motifs is 1. The number of non-ortho nitro benzene ring substituents is 1. The summed E-state index contributed by atoms with van der Waals surface area (Å²) in [6, 6.07) is 8.07. The van der Waals surface area contributed by atoms with Crippen molar-refractivity contribution in [3.05, 3.63) is 74.7 Å². The average Bonchev–Trinajstić information content (AvgIpc) is 3.09. The van der Waals surface area contributed by atoms with Crippen molar-refractivity contribution in [1.29, 1.82) is 0 Å². The van der Waals surface area contributed by atoms with Gasteiger partial charge in [0, 0.05) is 62.8 Å². The van der Waals surface area contributed by atoms with Crippen LogP contribution in [0.15, 0.2) is 42.7 Å². The highest BCUT2D eigenvalue weighted by Gasteiger charge is 2.24. The molecule has 0 N–H and O–H groups in total. The van der Waals surface area contributed by atoms with E-state index in [9.17, 15) is 14.9 Å². The molecule has 2 aromatic heterocycles. The van der Waals surface area contributed by atoms with Crippen LogP contribution in [0.1, 0.15) is 21.6 Å². The first kappa shape index (κ1) is 19.4. The SMILES string of the molecule is Cc1cc([N+](=O)[O-])ccc1C(=O)N1CCN(Cc2cn3cc(Cl)ccc3n2)CC1. The van der Waals surface area contributed by atoms with Gasteiger partial charge in [-0.3, -0.25) is 19.8 Å². The zero-order valence-electron chi connectivity index (χ0n) is 15.9. The summed E-state index contributed by atoms with van der Waals surface area (Å²) in [7, 11) is 0. The number of nitrogens with zero attached hydrogens (tertiary/aromatic N) is 5. The number of aromatic nitrogens is 2. The number of nitro benzene ring substituents is 1. The van der Waals surface area contributed by atoms with Crippen LogP contribution in [0, 0.1) is 17.0 Å². The Morgan fingerprint density at radius 3 is 2.62 bits per heavy atom. The van der Waals surface area contributed by atoms with Gasteiger partial charge in [0.25, 0.3) is 11.6 Å². The van der Waals surface area contributed by atoms with Gasteiger partial charge in [-0.2, -0.15) is 0 Å². The van der Waals surface area contributed by atoms with Gasteiger partial charge in [0.05, 0.1) is 15.6 Å². The second kappa shape index (κ2) is 7.81. The van der Waals surface area contributed by atoms with Crippen LogP contribution < -0.4 is 0 Å². The largest absolute Gasteiger partial charge is 0.336 e. The number of imidazole rings is 1. The van der Waals surface area contributed by atoms with E-state index in [-0.39, 0.29) is 11.6 Å². The molecule has 0 bridgehead atoms. The highest BCUT2D eigenvalue weighted by molar-refractivity contribution is 6.30. The molecule has 0 aliphatic carbocycles. The summed E-state index contributed by atoms with van der Waals surface area (Å²) in [5.41, 5.74) is 2.94. The minimum Gasteiger partial charge on any atom is -0.336 e. The van der Waals surface area contributed by atoms with Crippen molar-refractivity contribution in [2.75, 3.05) is 26.2 Å². The molecule has 1 aliphatic rings. The third-order valence-corrected chi connectivity index (χ3v) is 5.38. The van der Waals surface area contributed by atoms with Crippen molar-refractivity contribution >= 4 is 28.8 Å². The van der Waals surface area contributed by atoms with Gasteiger partial charge in [0.2, 0.25) is 0 Å². The molecule has 1 aliphatic heterocycles. The lowest BCUT2D eigenvalue weighted by atomic mass is 10.1. The lowest BCUT2D eigenvalue weighted by Gasteiger charge is -2.34. The van der Waals surface area contributed by atoms with Crippen LogP contribution in [0.4, 0.5) is 5.69 Å². The Hall–Kier alpha value is -2.97. The number of carbonyl (C=O) groups excluding carboxylic acids is 1. The molecule has 4 rings (SSSR count). The molecule has 1 amide bonds. The van der Waals surface area contributed by atoms with Crippen molar-refractivity contribution in [3.63, 3.8) is 0 Å². The lowest BCUT2D eigenvalue weighted by Crippen LogP contribution is -2.48. The fourth-order valence-electron chi connectivity index (χ4n) is 3.60. The van der Waals surface area contributed by atoms with Crippen LogP contribution in [0.3, 0.4) is 0 Å². The molecule has 1 aromatic carbocycles. The van der Waals surface area contributed by atoms with Gasteiger partial charge in [-0.1, -0.05) is 11.6 Å². The Morgan fingerprint density at radius 2 is 1.93 bits per heavy atom. The third-order valence-electron chi connectivity index (χ3n) is 5.16. The zero-order valence-corrected chi connectivity index (χ0v) is 16.7. The molecular weight excluding hydrogens is 394 g/mol. The van der Waals surface area contributed by atoms with Crippen LogP contribution in [-0.2, 0) is 6.54 Å². The van der Waals surface area contributed by atoms with Crippen molar-refractivity contribution < 1.29 is 9.72 Å². The van der Waals surface area contributed by atoms with Crippen LogP contribution in [0.5, 0.6) is 0 Å². The van der Waals surface area contributed by atoms with E-state index in [0.717, 1.165) is 24.4 Å². The maximum atomic E-state index is 12.8. The molecule has 9 heteroatoms. The number of carbonyl (C=O) groups is 1. The number of benzene rings is 1. The Bertz CT molecular complexity index is 1090. The molecule has 1 fully saturated rings. The first-order valence-corrected chi connectivity index (χ1v) is 9.68. The monoisotopic (exact) mass is 413 g/mol. The number of pyridine rings is 1. The molecule has 0 atom stereocenters. The first-order chi connectivity index (χ1) is 13.9. The minimum absolute atomic E-state index is 0.00221. The summed E-state index contributed by atoms with van der Waals surface area (Å²) in [6.45, 7) is 5.13. The van der Waals surface area contributed by atoms with Gasteiger partial charge < -0.3 is 9.30 Å². The van der Waals surface area contributed by atoms with Crippen molar-refractivity contribution in [1.82, 2.24) is 19.2 Å². The van der Waals surface area contributed by atoms with Gasteiger partial charge in [0.15, 0.2) is 0 Å². The molecule has 29 heavy (non-hydrogen) atoms. The molecule has 150 valence electrons. The molecule has 0 saturated carbocycles. The molecule has 3 aromatic rings. The predicted octanol–water partition coefficient (Wildman–Crippen LogP) is 3.16. The molecule has 3 heterocycles. The van der Waals surface area contributed by atoms with E-state index in [1.54, 1.807) is 17.9 Å². The van der Waals surface area contributed by atoms with E-state index in [4.69, 9.17) is 11.6 Å². The maximum absolute atomic E-state index is 12.8. The second-order valence-corrected chi connectivity index (χ2v) is 7.61. The fraction of sp³-hybridized carbons (Fsp3) is 0.300. The van der Waals surface area contributed by atoms with Crippen molar-refractivity contribution in [2.45, 2.75) is 13.5 Å². The number of amides is 1. The Labute approximate surface area is 172 Å². The standard InChI is InChI=1S/C20H20ClN5O3/c1-14-10-17(26(28)29)3-4-18(14)20(27)24-8-6-23(7-9-24)12-16-13-25-11-15(21)2-5-19(25)22-16/h2-5,10-11,13H,6-9,12H2,1H3. The number of aryl methyl sites for hydroxylation is 1. The second-order valence-electron chi connectivity index (χ2n) is 7.17. The van der Waals surface area contributed by atoms with Gasteiger partial charge in [-0.25, -0.2) is 4.98 Å². The number of halogens is 1. The minimum atomic E-state index is -0.451. The molecule has 0 unspecified atom stereocenters. The summed E-state index contributed by atoms with van der Waals surface area (Å²) >= 11 is 6.02. The van der Waals surface area contributed by atoms with Crippen LogP contribution >= 0.6 is 11.6 Å². The number of hydrogen-bond acceptors (Lipinski definition) is 5. The quantitative estimate of drug-likeness (QED) is 0.484. The molecule has 0 spiro atoms. The van der Waals surface area contributed by atoms with Gasteiger partial charge >= 0.3 is 0 Å². The van der Waals surface area contributed by atoms with Gasteiger partial charge in [-0.05, 0) is 30.7 Å². The lowest BCUT2D eigenvalue weighted by molar-refractivity contribution is -0.384. The topological polar surface area (TPSA) is 84.0 Å². The summed E-state index contributed by atoms with van der Waals surface area (Å²) < 4.78 is 1.91. The van der Waals surface area contributed by atoms with E-state index in [2.05, 4.69) is 9.88 Å². The van der Waals surface area contributed by atoms with Gasteiger partial charge in [-0.15, -0.1) is 0 Å². The first-order valence-electron chi connectivity index (χ1n) is 9.30. The summed E-state index contributed by atoms with van der Waals surface area (Å²) in [4.78, 5) is 31.9. The molecular formula is C20H20ClN5O3. The van der Waals surface area contributed by atoms with Crippen LogP contribution in [0.2, 0.25) is 5.02 Å². The van der Waals surface area contributed by atoms with Crippen LogP contribution in [-0.4, -0.2) is 56.2 Å². The van der Waals surface area contributed by atoms with E-state index in [1.165, 1.54) is 12.1 Å². The summed E-state index contributed by atoms with van der Waals surface area (Å²) in [5, 5.41) is 11.5. The predicted molar refractivity (Wildman–Crippen MR) is 109 cm³/mol. The Morgan fingerprint density at radius 1 is 1.17 bits per heavy atom. The van der Waals surface area contributed by atoms with Crippen molar-refractivity contribution in [3.8, 4) is 0 Å². The molecule has 0 radical (unpaired) electrons.